The molecule has 9 heteroatoms. The minimum absolute atomic E-state index is 0.0474. The van der Waals surface area contributed by atoms with Gasteiger partial charge in [-0.15, -0.1) is 0 Å². The van der Waals surface area contributed by atoms with Crippen molar-refractivity contribution < 1.29 is 28.6 Å². The summed E-state index contributed by atoms with van der Waals surface area (Å²) in [6, 6.07) is 2.79. The molecule has 0 radical (unpaired) electrons. The maximum atomic E-state index is 14.2. The van der Waals surface area contributed by atoms with Crippen molar-refractivity contribution in [2.45, 2.75) is 51.2 Å². The minimum Gasteiger partial charge on any atom is -0.496 e. The number of hydrogen-bond donors (Lipinski definition) is 3. The maximum absolute atomic E-state index is 14.2. The van der Waals surface area contributed by atoms with E-state index in [4.69, 9.17) is 15.2 Å². The number of primary amides is 1. The number of nitrogens with one attached hydrogen (secondary N) is 1. The van der Waals surface area contributed by atoms with E-state index >= 15 is 0 Å². The van der Waals surface area contributed by atoms with Gasteiger partial charge in [0, 0.05) is 35.4 Å². The second-order valence-corrected chi connectivity index (χ2v) is 9.51. The number of halogens is 1. The van der Waals surface area contributed by atoms with E-state index in [-0.39, 0.29) is 36.3 Å². The van der Waals surface area contributed by atoms with E-state index in [2.05, 4.69) is 22.1 Å². The molecule has 2 aromatic rings. The maximum Gasteiger partial charge on any atom is 0.255 e. The molecule has 1 saturated carbocycles. The average Bonchev–Trinajstić information content (AvgIpc) is 3.17. The molecule has 8 nitrogen and oxygen atoms in total. The Labute approximate surface area is 209 Å². The van der Waals surface area contributed by atoms with E-state index in [0.717, 1.165) is 25.7 Å². The number of fused-ring (bicyclic) bond motifs is 1. The topological polar surface area (TPSA) is 124 Å². The first-order valence-electron chi connectivity index (χ1n) is 12.4. The van der Waals surface area contributed by atoms with Crippen LogP contribution in [0.25, 0.3) is 10.8 Å². The third kappa shape index (κ3) is 5.24. The van der Waals surface area contributed by atoms with Crippen LogP contribution in [-0.2, 0) is 4.79 Å². The minimum atomic E-state index is -1.56. The predicted octanol–water partition coefficient (Wildman–Crippen LogP) is 2.73. The van der Waals surface area contributed by atoms with E-state index in [0.29, 0.717) is 28.7 Å². The van der Waals surface area contributed by atoms with Crippen LogP contribution in [-0.4, -0.2) is 54.4 Å². The lowest BCUT2D eigenvalue weighted by molar-refractivity contribution is -0.123. The lowest BCUT2D eigenvalue weighted by atomic mass is 9.82. The number of carbonyl (C=O) groups is 2. The van der Waals surface area contributed by atoms with Crippen LogP contribution in [0.5, 0.6) is 11.6 Å². The third-order valence-electron chi connectivity index (χ3n) is 7.29. The molecule has 192 valence electrons. The smallest absolute Gasteiger partial charge is 0.255 e. The first-order valence-corrected chi connectivity index (χ1v) is 12.4. The summed E-state index contributed by atoms with van der Waals surface area (Å²) in [5.74, 6) is 5.90. The summed E-state index contributed by atoms with van der Waals surface area (Å²) in [4.78, 5) is 28.3. The quantitative estimate of drug-likeness (QED) is 0.506. The number of aromatic nitrogens is 1. The van der Waals surface area contributed by atoms with Gasteiger partial charge in [0.25, 0.3) is 11.8 Å². The first-order chi connectivity index (χ1) is 17.4. The molecule has 4 rings (SSSR count). The molecule has 3 atom stereocenters. The summed E-state index contributed by atoms with van der Waals surface area (Å²) >= 11 is 0. The highest BCUT2D eigenvalue weighted by Gasteiger charge is 2.41. The number of alkyl halides is 1. The van der Waals surface area contributed by atoms with Gasteiger partial charge in [0.1, 0.15) is 12.4 Å². The molecule has 36 heavy (non-hydrogen) atoms. The van der Waals surface area contributed by atoms with Gasteiger partial charge in [0.2, 0.25) is 5.88 Å². The standard InChI is InChI=1S/C27H32FN3O5/c1-3-18-22(31-26(34)24(18)28)14-36-27-20-11-23(35-2)21(25(29)33)10-19(20)17(12-30-27)9-8-15-4-6-16(13-32)7-5-15/h10-12,15-16,18,22,24,32H,3-7,13-14H2,1-2H3,(H2,29,33)(H,31,34)/t15-,16-,18-,22?,24-/m0/s1. The highest BCUT2D eigenvalue weighted by Crippen LogP contribution is 2.34. The Morgan fingerprint density at radius 1 is 1.28 bits per heavy atom. The lowest BCUT2D eigenvalue weighted by Crippen LogP contribution is -2.34. The Bertz CT molecular complexity index is 1200. The summed E-state index contributed by atoms with van der Waals surface area (Å²) in [6.45, 7) is 2.09. The molecule has 1 aliphatic heterocycles. The van der Waals surface area contributed by atoms with Crippen molar-refractivity contribution >= 4 is 22.6 Å². The molecule has 2 heterocycles. The molecule has 1 aromatic carbocycles. The first kappa shape index (κ1) is 25.7. The number of nitrogens with zero attached hydrogens (tertiary/aromatic N) is 1. The number of nitrogens with two attached hydrogens (primary N) is 1. The fraction of sp³-hybridized carbons (Fsp3) is 0.519. The molecule has 0 bridgehead atoms. The summed E-state index contributed by atoms with van der Waals surface area (Å²) < 4.78 is 25.5. The van der Waals surface area contributed by atoms with Gasteiger partial charge in [-0.05, 0) is 50.2 Å². The molecule has 4 N–H and O–H groups in total. The van der Waals surface area contributed by atoms with E-state index in [1.807, 2.05) is 6.92 Å². The second-order valence-electron chi connectivity index (χ2n) is 9.51. The Morgan fingerprint density at radius 3 is 2.67 bits per heavy atom. The predicted molar refractivity (Wildman–Crippen MR) is 132 cm³/mol. The molecule has 1 unspecified atom stereocenters. The van der Waals surface area contributed by atoms with Gasteiger partial charge >= 0.3 is 0 Å². The number of amides is 2. The molecule has 1 saturated heterocycles. The number of ether oxygens (including phenoxy) is 2. The third-order valence-corrected chi connectivity index (χ3v) is 7.29. The van der Waals surface area contributed by atoms with Gasteiger partial charge in [-0.25, -0.2) is 9.37 Å². The van der Waals surface area contributed by atoms with Gasteiger partial charge in [0.05, 0.1) is 24.3 Å². The van der Waals surface area contributed by atoms with Crippen molar-refractivity contribution in [2.24, 2.45) is 23.5 Å². The fourth-order valence-corrected chi connectivity index (χ4v) is 5.08. The molecule has 2 fully saturated rings. The van der Waals surface area contributed by atoms with Crippen LogP contribution in [0, 0.1) is 29.6 Å². The molecular weight excluding hydrogens is 465 g/mol. The van der Waals surface area contributed by atoms with Crippen LogP contribution in [0.4, 0.5) is 4.39 Å². The summed E-state index contributed by atoms with van der Waals surface area (Å²) in [5, 5.41) is 13.2. The van der Waals surface area contributed by atoms with E-state index in [9.17, 15) is 19.1 Å². The molecule has 1 aliphatic carbocycles. The molecular formula is C27H32FN3O5. The zero-order valence-corrected chi connectivity index (χ0v) is 20.6. The second kappa shape index (κ2) is 11.1. The molecule has 1 aromatic heterocycles. The highest BCUT2D eigenvalue weighted by molar-refractivity contribution is 6.03. The van der Waals surface area contributed by atoms with Crippen molar-refractivity contribution in [3.63, 3.8) is 0 Å². The lowest BCUT2D eigenvalue weighted by Gasteiger charge is -2.23. The number of pyridine rings is 1. The van der Waals surface area contributed by atoms with Gasteiger partial charge in [-0.2, -0.15) is 0 Å². The summed E-state index contributed by atoms with van der Waals surface area (Å²) in [5.41, 5.74) is 6.42. The number of aliphatic hydroxyl groups is 1. The number of aliphatic hydroxyl groups excluding tert-OH is 1. The number of benzene rings is 1. The molecule has 0 spiro atoms. The van der Waals surface area contributed by atoms with Gasteiger partial charge in [0.15, 0.2) is 6.17 Å². The normalized spacial score (nSPS) is 25.7. The number of rotatable bonds is 7. The van der Waals surface area contributed by atoms with Crippen LogP contribution in [0.1, 0.15) is 54.9 Å². The average molecular weight is 498 g/mol. The highest BCUT2D eigenvalue weighted by atomic mass is 19.1. The Hall–Kier alpha value is -3.38. The summed E-state index contributed by atoms with van der Waals surface area (Å²) in [6.07, 6.45) is 4.26. The monoisotopic (exact) mass is 497 g/mol. The van der Waals surface area contributed by atoms with Crippen molar-refractivity contribution in [1.29, 1.82) is 0 Å². The zero-order valence-electron chi connectivity index (χ0n) is 20.6. The Morgan fingerprint density at radius 2 is 2.03 bits per heavy atom. The number of methoxy groups -OCH3 is 1. The van der Waals surface area contributed by atoms with Gasteiger partial charge in [-0.3, -0.25) is 9.59 Å². The fourth-order valence-electron chi connectivity index (χ4n) is 5.08. The number of hydrogen-bond acceptors (Lipinski definition) is 6. The van der Waals surface area contributed by atoms with Crippen LogP contribution < -0.4 is 20.5 Å². The Kier molecular flexibility index (Phi) is 7.94. The van der Waals surface area contributed by atoms with Crippen molar-refractivity contribution in [2.75, 3.05) is 20.3 Å². The van der Waals surface area contributed by atoms with E-state index in [1.165, 1.54) is 7.11 Å². The van der Waals surface area contributed by atoms with E-state index < -0.39 is 29.9 Å². The SMILES string of the molecule is CC[C@H]1C(COc2ncc(C#C[C@H]3CC[C@H](CO)CC3)c3cc(C(N)=O)c(OC)cc23)NC(=O)[C@H]1F. The molecule has 2 aliphatic rings. The largest absolute Gasteiger partial charge is 0.496 e. The summed E-state index contributed by atoms with van der Waals surface area (Å²) in [7, 11) is 1.44. The van der Waals surface area contributed by atoms with E-state index in [1.54, 1.807) is 18.3 Å². The van der Waals surface area contributed by atoms with Crippen molar-refractivity contribution in [1.82, 2.24) is 10.3 Å². The van der Waals surface area contributed by atoms with Gasteiger partial charge in [-0.1, -0.05) is 18.8 Å². The Balaban J connectivity index is 1.67. The zero-order chi connectivity index (χ0) is 25.8. The van der Waals surface area contributed by atoms with Gasteiger partial charge < -0.3 is 25.6 Å². The van der Waals surface area contributed by atoms with Crippen molar-refractivity contribution in [3.05, 3.63) is 29.5 Å². The van der Waals surface area contributed by atoms with Crippen LogP contribution in [0.15, 0.2) is 18.3 Å². The number of carbonyl (C=O) groups excluding carboxylic acids is 2. The van der Waals surface area contributed by atoms with Crippen molar-refractivity contribution in [3.8, 4) is 23.5 Å². The van der Waals surface area contributed by atoms with Crippen LogP contribution in [0.2, 0.25) is 0 Å². The van der Waals surface area contributed by atoms with Crippen LogP contribution >= 0.6 is 0 Å². The molecule has 2 amide bonds. The van der Waals surface area contributed by atoms with Crippen LogP contribution in [0.3, 0.4) is 0 Å².